The van der Waals surface area contributed by atoms with E-state index in [0.29, 0.717) is 13.1 Å². The summed E-state index contributed by atoms with van der Waals surface area (Å²) in [5.74, 6) is 1.00. The minimum atomic E-state index is -0.317. The molecule has 1 amide bonds. The van der Waals surface area contributed by atoms with Crippen molar-refractivity contribution < 1.29 is 4.79 Å². The summed E-state index contributed by atoms with van der Waals surface area (Å²) in [5.41, 5.74) is 1.99. The lowest BCUT2D eigenvalue weighted by Crippen LogP contribution is -2.62. The topological polar surface area (TPSA) is 66.0 Å². The molecule has 3 N–H and O–H groups in total. The van der Waals surface area contributed by atoms with Crippen LogP contribution in [0.3, 0.4) is 0 Å². The Kier molecular flexibility index (Phi) is 5.11. The summed E-state index contributed by atoms with van der Waals surface area (Å²) in [6, 6.07) is 14.1. The smallest absolute Gasteiger partial charge is 0.229 e. The van der Waals surface area contributed by atoms with Gasteiger partial charge in [-0.2, -0.15) is 0 Å². The minimum absolute atomic E-state index is 0.129. The number of hydrogen-bond donors (Lipinski definition) is 3. The van der Waals surface area contributed by atoms with Crippen molar-refractivity contribution in [1.29, 1.82) is 0 Å². The summed E-state index contributed by atoms with van der Waals surface area (Å²) in [5, 5.41) is 9.57. The molecule has 0 radical (unpaired) electrons. The first-order chi connectivity index (χ1) is 11.7. The van der Waals surface area contributed by atoms with Gasteiger partial charge in [0.25, 0.3) is 0 Å². The molecule has 2 heterocycles. The van der Waals surface area contributed by atoms with Crippen molar-refractivity contribution in [3.05, 3.63) is 59.8 Å². The second-order valence-electron chi connectivity index (χ2n) is 6.40. The molecule has 3 rings (SSSR count). The number of pyridine rings is 1. The van der Waals surface area contributed by atoms with E-state index in [-0.39, 0.29) is 11.3 Å². The van der Waals surface area contributed by atoms with Crippen LogP contribution in [0.4, 0.5) is 5.82 Å². The molecule has 0 aliphatic carbocycles. The number of aryl methyl sites for hydroxylation is 1. The first-order valence-electron chi connectivity index (χ1n) is 8.38. The Bertz CT molecular complexity index is 683. The van der Waals surface area contributed by atoms with Crippen LogP contribution in [0.5, 0.6) is 0 Å². The Morgan fingerprint density at radius 2 is 1.96 bits per heavy atom. The van der Waals surface area contributed by atoms with Crippen LogP contribution in [0.25, 0.3) is 0 Å². The van der Waals surface area contributed by atoms with E-state index in [1.165, 1.54) is 5.56 Å². The molecule has 1 aromatic carbocycles. The van der Waals surface area contributed by atoms with E-state index < -0.39 is 0 Å². The molecular weight excluding hydrogens is 300 g/mol. The van der Waals surface area contributed by atoms with Gasteiger partial charge in [-0.25, -0.2) is 4.98 Å². The molecule has 5 nitrogen and oxygen atoms in total. The van der Waals surface area contributed by atoms with Crippen LogP contribution in [0, 0.1) is 12.3 Å². The molecule has 24 heavy (non-hydrogen) atoms. The van der Waals surface area contributed by atoms with Crippen LogP contribution in [0.2, 0.25) is 0 Å². The molecule has 1 aromatic heterocycles. The Balaban J connectivity index is 1.49. The third-order valence-electron chi connectivity index (χ3n) is 4.51. The Morgan fingerprint density at radius 3 is 2.62 bits per heavy atom. The molecule has 1 fully saturated rings. The third-order valence-corrected chi connectivity index (χ3v) is 4.51. The largest absolute Gasteiger partial charge is 0.368 e. The summed E-state index contributed by atoms with van der Waals surface area (Å²) >= 11 is 0. The molecule has 0 saturated carbocycles. The van der Waals surface area contributed by atoms with Crippen molar-refractivity contribution in [2.45, 2.75) is 13.3 Å². The predicted octanol–water partition coefficient (Wildman–Crippen LogP) is 1.75. The van der Waals surface area contributed by atoms with Gasteiger partial charge in [-0.3, -0.25) is 4.79 Å². The maximum Gasteiger partial charge on any atom is 0.229 e. The lowest BCUT2D eigenvalue weighted by Gasteiger charge is -2.41. The number of carbonyl (C=O) groups excluding carboxylic acids is 1. The van der Waals surface area contributed by atoms with Crippen molar-refractivity contribution in [2.75, 3.05) is 31.5 Å². The van der Waals surface area contributed by atoms with E-state index in [9.17, 15) is 4.79 Å². The van der Waals surface area contributed by atoms with Gasteiger partial charge < -0.3 is 16.0 Å². The number of hydrogen-bond acceptors (Lipinski definition) is 4. The van der Waals surface area contributed by atoms with Crippen molar-refractivity contribution in [3.8, 4) is 0 Å². The molecule has 1 aliphatic rings. The van der Waals surface area contributed by atoms with E-state index in [2.05, 4.69) is 33.1 Å². The second kappa shape index (κ2) is 7.45. The Morgan fingerprint density at radius 1 is 1.17 bits per heavy atom. The number of amides is 1. The number of nitrogens with one attached hydrogen (secondary N) is 3. The molecule has 0 atom stereocenters. The van der Waals surface area contributed by atoms with Crippen LogP contribution in [-0.4, -0.2) is 37.1 Å². The number of benzene rings is 1. The summed E-state index contributed by atoms with van der Waals surface area (Å²) < 4.78 is 0. The highest BCUT2D eigenvalue weighted by Gasteiger charge is 2.43. The van der Waals surface area contributed by atoms with Crippen molar-refractivity contribution >= 4 is 11.7 Å². The van der Waals surface area contributed by atoms with E-state index in [4.69, 9.17) is 0 Å². The Labute approximate surface area is 142 Å². The van der Waals surface area contributed by atoms with Gasteiger partial charge in [0.2, 0.25) is 5.91 Å². The van der Waals surface area contributed by atoms with E-state index in [1.54, 1.807) is 6.20 Å². The summed E-state index contributed by atoms with van der Waals surface area (Å²) in [4.78, 5) is 16.9. The normalized spacial score (nSPS) is 15.4. The van der Waals surface area contributed by atoms with Crippen LogP contribution >= 0.6 is 0 Å². The average Bonchev–Trinajstić information content (AvgIpc) is 2.57. The first kappa shape index (κ1) is 16.5. The highest BCUT2D eigenvalue weighted by Crippen LogP contribution is 2.28. The van der Waals surface area contributed by atoms with Crippen molar-refractivity contribution in [3.63, 3.8) is 0 Å². The fourth-order valence-electron chi connectivity index (χ4n) is 2.99. The highest BCUT2D eigenvalue weighted by molar-refractivity contribution is 5.84. The Hall–Kier alpha value is -2.40. The summed E-state index contributed by atoms with van der Waals surface area (Å²) in [6.07, 6.45) is 2.54. The van der Waals surface area contributed by atoms with Gasteiger partial charge in [0, 0.05) is 32.4 Å². The fraction of sp³-hybridized carbons (Fsp3) is 0.368. The van der Waals surface area contributed by atoms with Crippen molar-refractivity contribution in [2.24, 2.45) is 5.41 Å². The average molecular weight is 324 g/mol. The number of nitrogens with zero attached hydrogens (tertiary/aromatic N) is 1. The fourth-order valence-corrected chi connectivity index (χ4v) is 2.99. The van der Waals surface area contributed by atoms with E-state index >= 15 is 0 Å². The molecule has 0 bridgehead atoms. The van der Waals surface area contributed by atoms with Crippen LogP contribution < -0.4 is 16.0 Å². The summed E-state index contributed by atoms with van der Waals surface area (Å²) in [6.45, 7) is 4.74. The molecular formula is C19H24N4O. The highest BCUT2D eigenvalue weighted by atomic mass is 16.2. The van der Waals surface area contributed by atoms with Gasteiger partial charge in [-0.1, -0.05) is 36.4 Å². The van der Waals surface area contributed by atoms with Gasteiger partial charge in [0.05, 0.1) is 5.41 Å². The molecule has 1 saturated heterocycles. The third kappa shape index (κ3) is 3.74. The van der Waals surface area contributed by atoms with Crippen LogP contribution in [-0.2, 0) is 11.2 Å². The maximum atomic E-state index is 12.6. The quantitative estimate of drug-likeness (QED) is 0.679. The predicted molar refractivity (Wildman–Crippen MR) is 95.9 cm³/mol. The molecule has 126 valence electrons. The molecule has 0 spiro atoms. The number of anilines is 1. The zero-order chi connectivity index (χ0) is 16.8. The van der Waals surface area contributed by atoms with Gasteiger partial charge in [0.15, 0.2) is 0 Å². The minimum Gasteiger partial charge on any atom is -0.368 e. The first-order valence-corrected chi connectivity index (χ1v) is 8.38. The van der Waals surface area contributed by atoms with E-state index in [1.807, 2.05) is 37.3 Å². The zero-order valence-electron chi connectivity index (χ0n) is 14.0. The van der Waals surface area contributed by atoms with E-state index in [0.717, 1.165) is 30.9 Å². The van der Waals surface area contributed by atoms with Gasteiger partial charge in [0.1, 0.15) is 5.82 Å². The van der Waals surface area contributed by atoms with Gasteiger partial charge in [-0.15, -0.1) is 0 Å². The van der Waals surface area contributed by atoms with Gasteiger partial charge in [-0.05, 0) is 30.5 Å². The van der Waals surface area contributed by atoms with Crippen LogP contribution in [0.1, 0.15) is 11.1 Å². The lowest BCUT2D eigenvalue weighted by atomic mass is 9.75. The second-order valence-corrected chi connectivity index (χ2v) is 6.40. The monoisotopic (exact) mass is 324 g/mol. The SMILES string of the molecule is Cc1cccnc1NCCNC(=O)C1(Cc2ccccc2)CNC1. The van der Waals surface area contributed by atoms with Crippen LogP contribution in [0.15, 0.2) is 48.7 Å². The van der Waals surface area contributed by atoms with Gasteiger partial charge >= 0.3 is 0 Å². The molecule has 1 aliphatic heterocycles. The maximum absolute atomic E-state index is 12.6. The summed E-state index contributed by atoms with van der Waals surface area (Å²) in [7, 11) is 0. The lowest BCUT2D eigenvalue weighted by molar-refractivity contribution is -0.133. The number of carbonyl (C=O) groups is 1. The van der Waals surface area contributed by atoms with Crippen molar-refractivity contribution in [1.82, 2.24) is 15.6 Å². The molecule has 2 aromatic rings. The molecule has 5 heteroatoms. The standard InChI is InChI=1S/C19H24N4O/c1-15-6-5-9-21-17(15)22-10-11-23-18(24)19(13-20-14-19)12-16-7-3-2-4-8-16/h2-9,20H,10-14H2,1H3,(H,21,22)(H,23,24). The number of rotatable bonds is 7. The molecule has 0 unspecified atom stereocenters. The number of aromatic nitrogens is 1. The zero-order valence-corrected chi connectivity index (χ0v) is 14.0.